The molecule has 0 amide bonds. The van der Waals surface area contributed by atoms with Crippen molar-refractivity contribution in [3.8, 4) is 28.4 Å². The Balaban J connectivity index is 1.64. The lowest BCUT2D eigenvalue weighted by molar-refractivity contribution is 0.170. The molecular weight excluding hydrogens is 468 g/mol. The minimum atomic E-state index is -0.301. The highest BCUT2D eigenvalue weighted by molar-refractivity contribution is 5.92. The number of rotatable bonds is 6. The number of phenols is 2. The molecule has 7 heteroatoms. The summed E-state index contributed by atoms with van der Waals surface area (Å²) in [5.74, 6) is 1.69. The minimum Gasteiger partial charge on any atom is -0.507 e. The molecule has 0 spiro atoms. The normalized spacial score (nSPS) is 21.4. The molecule has 2 saturated heterocycles. The zero-order chi connectivity index (χ0) is 26.1. The molecule has 37 heavy (non-hydrogen) atoms. The number of phenolic OH excluding ortho intramolecular Hbond substituents is 2. The summed E-state index contributed by atoms with van der Waals surface area (Å²) in [4.78, 5) is 18.4. The molecule has 2 aromatic carbocycles. The highest BCUT2D eigenvalue weighted by Crippen LogP contribution is 2.41. The lowest BCUT2D eigenvalue weighted by atomic mass is 9.95. The van der Waals surface area contributed by atoms with Crippen LogP contribution in [0.25, 0.3) is 22.1 Å². The van der Waals surface area contributed by atoms with Crippen molar-refractivity contribution in [2.24, 2.45) is 11.8 Å². The number of aromatic hydroxyl groups is 2. The van der Waals surface area contributed by atoms with E-state index in [1.165, 1.54) is 19.1 Å². The van der Waals surface area contributed by atoms with Gasteiger partial charge in [-0.25, -0.2) is 0 Å². The molecular formula is C30H38N2O5. The van der Waals surface area contributed by atoms with Crippen LogP contribution in [0, 0.1) is 11.8 Å². The molecule has 198 valence electrons. The summed E-state index contributed by atoms with van der Waals surface area (Å²) in [7, 11) is 1.60. The van der Waals surface area contributed by atoms with Gasteiger partial charge in [-0.1, -0.05) is 26.0 Å². The molecule has 2 N–H and O–H groups in total. The fourth-order valence-corrected chi connectivity index (χ4v) is 6.03. The Morgan fingerprint density at radius 3 is 2.08 bits per heavy atom. The molecule has 0 aliphatic carbocycles. The smallest absolute Gasteiger partial charge is 0.204 e. The van der Waals surface area contributed by atoms with Crippen molar-refractivity contribution in [3.63, 3.8) is 0 Å². The van der Waals surface area contributed by atoms with Gasteiger partial charge in [-0.15, -0.1) is 0 Å². The SMILES string of the molecule is COc1ccc(-c2coc3c(CN4CCC[C@@H](C)C4)c(O)c(CN4CCC[C@H](C)C4)c(O)c3c2=O)cc1. The summed E-state index contributed by atoms with van der Waals surface area (Å²) in [5, 5.41) is 23.1. The van der Waals surface area contributed by atoms with E-state index in [0.717, 1.165) is 39.0 Å². The second kappa shape index (κ2) is 10.8. The molecule has 0 bridgehead atoms. The third-order valence-corrected chi connectivity index (χ3v) is 8.01. The Labute approximate surface area is 218 Å². The highest BCUT2D eigenvalue weighted by atomic mass is 16.5. The van der Waals surface area contributed by atoms with Crippen molar-refractivity contribution < 1.29 is 19.4 Å². The van der Waals surface area contributed by atoms with E-state index in [0.29, 0.717) is 52.9 Å². The van der Waals surface area contributed by atoms with E-state index in [1.807, 2.05) is 0 Å². The van der Waals surface area contributed by atoms with Crippen molar-refractivity contribution in [3.05, 3.63) is 51.9 Å². The van der Waals surface area contributed by atoms with Gasteiger partial charge in [0.1, 0.15) is 34.5 Å². The van der Waals surface area contributed by atoms with Crippen molar-refractivity contribution >= 4 is 11.0 Å². The first kappa shape index (κ1) is 25.6. The van der Waals surface area contributed by atoms with Gasteiger partial charge in [0.2, 0.25) is 5.43 Å². The average molecular weight is 507 g/mol. The number of likely N-dealkylation sites (tertiary alicyclic amines) is 2. The third-order valence-electron chi connectivity index (χ3n) is 8.01. The number of ether oxygens (including phenoxy) is 1. The summed E-state index contributed by atoms with van der Waals surface area (Å²) < 4.78 is 11.3. The molecule has 0 saturated carbocycles. The molecule has 2 fully saturated rings. The lowest BCUT2D eigenvalue weighted by Gasteiger charge is -2.33. The molecule has 2 aliphatic rings. The van der Waals surface area contributed by atoms with Crippen molar-refractivity contribution in [2.75, 3.05) is 33.3 Å². The van der Waals surface area contributed by atoms with Crippen LogP contribution in [0.3, 0.4) is 0 Å². The second-order valence-corrected chi connectivity index (χ2v) is 11.0. The molecule has 0 unspecified atom stereocenters. The third kappa shape index (κ3) is 5.20. The van der Waals surface area contributed by atoms with Crippen LogP contribution in [0.15, 0.2) is 39.7 Å². The maximum atomic E-state index is 13.8. The Morgan fingerprint density at radius 2 is 1.51 bits per heavy atom. The Hall–Kier alpha value is -3.03. The second-order valence-electron chi connectivity index (χ2n) is 11.0. The van der Waals surface area contributed by atoms with Crippen LogP contribution in [0.2, 0.25) is 0 Å². The van der Waals surface area contributed by atoms with E-state index in [2.05, 4.69) is 23.6 Å². The van der Waals surface area contributed by atoms with Gasteiger partial charge >= 0.3 is 0 Å². The number of fused-ring (bicyclic) bond motifs is 1. The lowest BCUT2D eigenvalue weighted by Crippen LogP contribution is -2.34. The monoisotopic (exact) mass is 506 g/mol. The molecule has 5 rings (SSSR count). The van der Waals surface area contributed by atoms with E-state index in [4.69, 9.17) is 9.15 Å². The van der Waals surface area contributed by atoms with E-state index in [-0.39, 0.29) is 27.9 Å². The number of hydrogen-bond donors (Lipinski definition) is 2. The van der Waals surface area contributed by atoms with Crippen LogP contribution in [0.5, 0.6) is 17.2 Å². The predicted octanol–water partition coefficient (Wildman–Crippen LogP) is 5.34. The van der Waals surface area contributed by atoms with E-state index in [1.54, 1.807) is 31.4 Å². The van der Waals surface area contributed by atoms with Crippen molar-refractivity contribution in [2.45, 2.75) is 52.6 Å². The Morgan fingerprint density at radius 1 is 0.919 bits per heavy atom. The quantitative estimate of drug-likeness (QED) is 0.466. The molecule has 3 aromatic rings. The van der Waals surface area contributed by atoms with E-state index >= 15 is 0 Å². The summed E-state index contributed by atoms with van der Waals surface area (Å²) >= 11 is 0. The summed E-state index contributed by atoms with van der Waals surface area (Å²) in [6, 6.07) is 7.20. The number of hydrogen-bond acceptors (Lipinski definition) is 7. The zero-order valence-electron chi connectivity index (χ0n) is 22.1. The van der Waals surface area contributed by atoms with E-state index in [9.17, 15) is 15.0 Å². The van der Waals surface area contributed by atoms with Gasteiger partial charge in [-0.3, -0.25) is 14.6 Å². The Kier molecular flexibility index (Phi) is 7.45. The van der Waals surface area contributed by atoms with Crippen LogP contribution >= 0.6 is 0 Å². The fraction of sp³-hybridized carbons (Fsp3) is 0.500. The van der Waals surface area contributed by atoms with Crippen LogP contribution < -0.4 is 10.2 Å². The van der Waals surface area contributed by atoms with Gasteiger partial charge in [0.05, 0.1) is 23.8 Å². The van der Waals surface area contributed by atoms with Crippen molar-refractivity contribution in [1.29, 1.82) is 0 Å². The molecule has 7 nitrogen and oxygen atoms in total. The molecule has 3 heterocycles. The Bertz CT molecular complexity index is 1320. The number of nitrogens with zero attached hydrogens (tertiary/aromatic N) is 2. The zero-order valence-corrected chi connectivity index (χ0v) is 22.1. The van der Waals surface area contributed by atoms with Crippen LogP contribution in [-0.4, -0.2) is 53.3 Å². The molecule has 1 aromatic heterocycles. The molecule has 0 radical (unpaired) electrons. The number of piperidine rings is 2. The maximum absolute atomic E-state index is 13.8. The van der Waals surface area contributed by atoms with Gasteiger partial charge in [-0.05, 0) is 68.3 Å². The van der Waals surface area contributed by atoms with Gasteiger partial charge in [0.25, 0.3) is 0 Å². The van der Waals surface area contributed by atoms with E-state index < -0.39 is 0 Å². The summed E-state index contributed by atoms with van der Waals surface area (Å²) in [6.45, 7) is 9.00. The van der Waals surface area contributed by atoms with Crippen molar-refractivity contribution in [1.82, 2.24) is 9.80 Å². The average Bonchev–Trinajstić information content (AvgIpc) is 2.89. The van der Waals surface area contributed by atoms with Crippen LogP contribution in [-0.2, 0) is 13.1 Å². The van der Waals surface area contributed by atoms with Gasteiger partial charge < -0.3 is 19.4 Å². The largest absolute Gasteiger partial charge is 0.507 e. The standard InChI is InChI=1S/C30H38N2O5/c1-19-6-4-12-31(14-19)16-23-27(33)24(17-32-13-5-7-20(2)15-32)30-26(28(23)34)29(35)25(18-37-30)21-8-10-22(36-3)11-9-21/h8-11,18-20,33-34H,4-7,12-17H2,1-3H3/t19-,20+/m0/s1. The summed E-state index contributed by atoms with van der Waals surface area (Å²) in [5.41, 5.74) is 2.02. The maximum Gasteiger partial charge on any atom is 0.204 e. The predicted molar refractivity (Wildman–Crippen MR) is 145 cm³/mol. The fourth-order valence-electron chi connectivity index (χ4n) is 6.03. The number of benzene rings is 2. The number of methoxy groups -OCH3 is 1. The first-order valence-corrected chi connectivity index (χ1v) is 13.5. The first-order chi connectivity index (χ1) is 17.9. The minimum absolute atomic E-state index is 0.0433. The topological polar surface area (TPSA) is 86.4 Å². The van der Waals surface area contributed by atoms with Crippen LogP contribution in [0.4, 0.5) is 0 Å². The molecule has 2 aliphatic heterocycles. The van der Waals surface area contributed by atoms with Gasteiger partial charge in [0.15, 0.2) is 0 Å². The first-order valence-electron chi connectivity index (χ1n) is 13.5. The molecule has 2 atom stereocenters. The van der Waals surface area contributed by atoms with Gasteiger partial charge in [0, 0.05) is 26.2 Å². The highest BCUT2D eigenvalue weighted by Gasteiger charge is 2.28. The van der Waals surface area contributed by atoms with Crippen LogP contribution in [0.1, 0.15) is 50.7 Å². The summed E-state index contributed by atoms with van der Waals surface area (Å²) in [6.07, 6.45) is 6.00. The van der Waals surface area contributed by atoms with Gasteiger partial charge in [-0.2, -0.15) is 0 Å².